The van der Waals surface area contributed by atoms with E-state index in [1.807, 2.05) is 0 Å². The van der Waals surface area contributed by atoms with Gasteiger partial charge in [-0.1, -0.05) is 140 Å². The Morgan fingerprint density at radius 3 is 1.77 bits per heavy atom. The van der Waals surface area contributed by atoms with E-state index in [-0.39, 0.29) is 0 Å². The van der Waals surface area contributed by atoms with Gasteiger partial charge in [-0.2, -0.15) is 0 Å². The average Bonchev–Trinajstić information content (AvgIpc) is 3.70. The third kappa shape index (κ3) is 4.27. The molecule has 7 aromatic carbocycles. The predicted octanol–water partition coefficient (Wildman–Crippen LogP) is 12.1. The van der Waals surface area contributed by atoms with Gasteiger partial charge in [0.05, 0.1) is 26.9 Å². The van der Waals surface area contributed by atoms with Gasteiger partial charge in [0.1, 0.15) is 0 Å². The van der Waals surface area contributed by atoms with Crippen molar-refractivity contribution < 1.29 is 0 Å². The lowest BCUT2D eigenvalue weighted by molar-refractivity contribution is 1.02. The van der Waals surface area contributed by atoms with Crippen molar-refractivity contribution >= 4 is 64.2 Å². The Kier molecular flexibility index (Phi) is 6.05. The van der Waals surface area contributed by atoms with Crippen LogP contribution in [0.5, 0.6) is 0 Å². The van der Waals surface area contributed by atoms with Crippen LogP contribution in [-0.2, 0) is 0 Å². The van der Waals surface area contributed by atoms with Crippen molar-refractivity contribution in [2.45, 2.75) is 0 Å². The van der Waals surface area contributed by atoms with Gasteiger partial charge in [0, 0.05) is 26.4 Å². The Hall–Kier alpha value is -6.10. The van der Waals surface area contributed by atoms with Crippen molar-refractivity contribution in [3.8, 4) is 39.5 Å². The molecule has 0 saturated heterocycles. The summed E-state index contributed by atoms with van der Waals surface area (Å²) < 4.78 is 4.52. The minimum Gasteiger partial charge on any atom is -0.278 e. The molecule has 0 fully saturated rings. The van der Waals surface area contributed by atoms with Crippen LogP contribution in [-0.4, -0.2) is 14.5 Å². The van der Waals surface area contributed by atoms with Crippen molar-refractivity contribution in [3.63, 3.8) is 0 Å². The van der Waals surface area contributed by atoms with Gasteiger partial charge in [0.25, 0.3) is 0 Å². The molecule has 0 saturated carbocycles. The number of thiophene rings is 1. The number of nitrogens with zero attached hydrogens (tertiary/aromatic N) is 3. The van der Waals surface area contributed by atoms with E-state index in [1.54, 1.807) is 11.3 Å². The first-order valence-corrected chi connectivity index (χ1v) is 17.0. The highest BCUT2D eigenvalue weighted by atomic mass is 32.1. The Morgan fingerprint density at radius 2 is 1.00 bits per heavy atom. The molecule has 0 aliphatic heterocycles. The highest BCUT2D eigenvalue weighted by Crippen LogP contribution is 2.42. The van der Waals surface area contributed by atoms with Crippen LogP contribution in [0.25, 0.3) is 92.3 Å². The Morgan fingerprint density at radius 1 is 0.417 bits per heavy atom. The summed E-state index contributed by atoms with van der Waals surface area (Å²) in [5, 5.41) is 6.03. The first-order valence-electron chi connectivity index (χ1n) is 16.2. The first-order chi connectivity index (χ1) is 23.8. The number of aromatic nitrogens is 3. The highest BCUT2D eigenvalue weighted by molar-refractivity contribution is 7.26. The molecule has 0 spiro atoms. The van der Waals surface area contributed by atoms with Crippen molar-refractivity contribution in [2.75, 3.05) is 0 Å². The summed E-state index contributed by atoms with van der Waals surface area (Å²) in [5.74, 6) is 0.681. The zero-order valence-electron chi connectivity index (χ0n) is 25.8. The fourth-order valence-electron chi connectivity index (χ4n) is 7.06. The summed E-state index contributed by atoms with van der Waals surface area (Å²) in [6.07, 6.45) is 0. The quantitative estimate of drug-likeness (QED) is 0.194. The number of para-hydroxylation sites is 2. The third-order valence-electron chi connectivity index (χ3n) is 9.43. The summed E-state index contributed by atoms with van der Waals surface area (Å²) in [5.41, 5.74) is 9.99. The van der Waals surface area contributed by atoms with Crippen molar-refractivity contribution in [2.24, 2.45) is 0 Å². The lowest BCUT2D eigenvalue weighted by Gasteiger charge is -2.10. The van der Waals surface area contributed by atoms with E-state index in [4.69, 9.17) is 9.97 Å². The minimum atomic E-state index is 0.681. The molecule has 0 radical (unpaired) electrons. The van der Waals surface area contributed by atoms with Crippen molar-refractivity contribution in [3.05, 3.63) is 164 Å². The van der Waals surface area contributed by atoms with Gasteiger partial charge < -0.3 is 0 Å². The zero-order valence-corrected chi connectivity index (χ0v) is 26.7. The average molecular weight is 630 g/mol. The van der Waals surface area contributed by atoms with Crippen LogP contribution in [0.1, 0.15) is 0 Å². The monoisotopic (exact) mass is 629 g/mol. The maximum absolute atomic E-state index is 5.39. The van der Waals surface area contributed by atoms with Crippen LogP contribution in [0.2, 0.25) is 0 Å². The number of fused-ring (bicyclic) bond motifs is 7. The van der Waals surface area contributed by atoms with Crippen LogP contribution in [0.15, 0.2) is 164 Å². The van der Waals surface area contributed by atoms with Crippen LogP contribution in [0.4, 0.5) is 0 Å². The molecule has 0 aliphatic rings. The molecule has 0 N–H and O–H groups in total. The van der Waals surface area contributed by atoms with Gasteiger partial charge >= 0.3 is 0 Å². The molecule has 4 heteroatoms. The maximum atomic E-state index is 5.39. The fourth-order valence-corrected chi connectivity index (χ4v) is 8.26. The van der Waals surface area contributed by atoms with E-state index >= 15 is 0 Å². The van der Waals surface area contributed by atoms with Gasteiger partial charge in [-0.3, -0.25) is 4.57 Å². The second-order valence-corrected chi connectivity index (χ2v) is 13.3. The second kappa shape index (κ2) is 10.7. The Balaban J connectivity index is 1.22. The topological polar surface area (TPSA) is 30.7 Å². The number of hydrogen-bond donors (Lipinski definition) is 0. The standard InChI is InChI=1S/C44H27N3S/c1-2-10-28(11-3-1)30-18-21-31(22-19-30)41-43-42(46-44(45-41)47-38-16-8-6-14-35(38)36-15-7-9-17-39(36)47)37-25-24-34(27-40(37)48-43)33-23-20-29-12-4-5-13-32(29)26-33/h1-27H. The van der Waals surface area contributed by atoms with Gasteiger partial charge in [0.15, 0.2) is 0 Å². The first kappa shape index (κ1) is 27.1. The molecule has 3 aromatic heterocycles. The van der Waals surface area contributed by atoms with E-state index in [0.717, 1.165) is 37.9 Å². The molecule has 10 aromatic rings. The van der Waals surface area contributed by atoms with E-state index in [2.05, 4.69) is 168 Å². The Labute approximate surface area is 281 Å². The summed E-state index contributed by atoms with van der Waals surface area (Å²) in [4.78, 5) is 10.8. The maximum Gasteiger partial charge on any atom is 0.235 e. The van der Waals surface area contributed by atoms with Crippen LogP contribution < -0.4 is 0 Å². The van der Waals surface area contributed by atoms with Gasteiger partial charge in [-0.05, 0) is 57.3 Å². The smallest absolute Gasteiger partial charge is 0.235 e. The normalized spacial score (nSPS) is 11.8. The molecule has 10 rings (SSSR count). The van der Waals surface area contributed by atoms with Gasteiger partial charge in [-0.15, -0.1) is 11.3 Å². The molecule has 3 heterocycles. The predicted molar refractivity (Wildman–Crippen MR) is 203 cm³/mol. The summed E-state index contributed by atoms with van der Waals surface area (Å²) >= 11 is 1.78. The fraction of sp³-hybridized carbons (Fsp3) is 0. The number of hydrogen-bond acceptors (Lipinski definition) is 3. The molecular weight excluding hydrogens is 603 g/mol. The molecule has 0 unspecified atom stereocenters. The van der Waals surface area contributed by atoms with Crippen LogP contribution in [0, 0.1) is 0 Å². The summed E-state index contributed by atoms with van der Waals surface area (Å²) in [7, 11) is 0. The summed E-state index contributed by atoms with van der Waals surface area (Å²) in [6.45, 7) is 0. The van der Waals surface area contributed by atoms with E-state index in [1.165, 1.54) is 48.5 Å². The largest absolute Gasteiger partial charge is 0.278 e. The minimum absolute atomic E-state index is 0.681. The van der Waals surface area contributed by atoms with Crippen LogP contribution >= 0.6 is 11.3 Å². The SMILES string of the molecule is c1ccc(-c2ccc(-c3nc(-n4c5ccccc5c5ccccc54)nc4c3sc3cc(-c5ccc6ccccc6c5)ccc34)cc2)cc1. The van der Waals surface area contributed by atoms with Crippen LogP contribution in [0.3, 0.4) is 0 Å². The van der Waals surface area contributed by atoms with Gasteiger partial charge in [0.2, 0.25) is 5.95 Å². The molecule has 48 heavy (non-hydrogen) atoms. The van der Waals surface area contributed by atoms with Crippen molar-refractivity contribution in [1.82, 2.24) is 14.5 Å². The zero-order chi connectivity index (χ0) is 31.6. The molecule has 0 bridgehead atoms. The Bertz CT molecular complexity index is 2770. The van der Waals surface area contributed by atoms with E-state index < -0.39 is 0 Å². The number of benzene rings is 7. The van der Waals surface area contributed by atoms with Crippen molar-refractivity contribution in [1.29, 1.82) is 0 Å². The lowest BCUT2D eigenvalue weighted by atomic mass is 10.0. The number of rotatable bonds is 4. The van der Waals surface area contributed by atoms with E-state index in [9.17, 15) is 0 Å². The molecule has 0 aliphatic carbocycles. The lowest BCUT2D eigenvalue weighted by Crippen LogP contribution is -2.02. The second-order valence-electron chi connectivity index (χ2n) is 12.2. The summed E-state index contributed by atoms with van der Waals surface area (Å²) in [6, 6.07) is 58.4. The molecular formula is C44H27N3S. The van der Waals surface area contributed by atoms with E-state index in [0.29, 0.717) is 5.95 Å². The molecule has 3 nitrogen and oxygen atoms in total. The molecule has 0 atom stereocenters. The molecule has 0 amide bonds. The highest BCUT2D eigenvalue weighted by Gasteiger charge is 2.20. The third-order valence-corrected chi connectivity index (χ3v) is 10.6. The van der Waals surface area contributed by atoms with Gasteiger partial charge in [-0.25, -0.2) is 9.97 Å². The molecule has 224 valence electrons.